The fourth-order valence-electron chi connectivity index (χ4n) is 5.51. The molecule has 0 aliphatic heterocycles. The zero-order chi connectivity index (χ0) is 39.6. The molecule has 2 N–H and O–H groups in total. The van der Waals surface area contributed by atoms with E-state index in [2.05, 4.69) is 0 Å². The van der Waals surface area contributed by atoms with E-state index in [-0.39, 0.29) is 71.9 Å². The summed E-state index contributed by atoms with van der Waals surface area (Å²) in [6, 6.07) is 27.3. The third-order valence-electron chi connectivity index (χ3n) is 8.32. The molecule has 55 heavy (non-hydrogen) atoms. The number of aryl methyl sites for hydroxylation is 1. The summed E-state index contributed by atoms with van der Waals surface area (Å²) >= 11 is 0. The van der Waals surface area contributed by atoms with Crippen molar-refractivity contribution in [1.29, 1.82) is 0 Å². The van der Waals surface area contributed by atoms with Crippen molar-refractivity contribution in [3.8, 4) is 34.2 Å². The Balaban J connectivity index is 0.000000223. The van der Waals surface area contributed by atoms with Crippen molar-refractivity contribution in [2.24, 2.45) is 0 Å². The second-order valence-corrected chi connectivity index (χ2v) is 12.4. The predicted octanol–water partition coefficient (Wildman–Crippen LogP) is 9.81. The molecule has 0 atom stereocenters. The molecule has 0 saturated carbocycles. The summed E-state index contributed by atoms with van der Waals surface area (Å²) in [6.45, 7) is 3.50. The Morgan fingerprint density at radius 2 is 1.16 bits per heavy atom. The monoisotopic (exact) mass is 753 g/mol. The summed E-state index contributed by atoms with van der Waals surface area (Å²) in [5.74, 6) is -3.13. The minimum absolute atomic E-state index is 0.00565. The molecule has 0 aliphatic rings. The number of benzene rings is 5. The van der Waals surface area contributed by atoms with Crippen LogP contribution in [0.15, 0.2) is 115 Å². The molecule has 1 aromatic heterocycles. The molecule has 0 amide bonds. The number of ketones is 2. The Labute approximate surface area is 313 Å². The molecule has 0 spiro atoms. The van der Waals surface area contributed by atoms with Crippen molar-refractivity contribution in [3.63, 3.8) is 0 Å². The first-order valence-corrected chi connectivity index (χ1v) is 16.9. The number of aromatic hydroxyl groups is 1. The highest BCUT2D eigenvalue weighted by atomic mass is 19.1. The summed E-state index contributed by atoms with van der Waals surface area (Å²) in [5.41, 5.74) is 3.64. The Morgan fingerprint density at radius 3 is 1.75 bits per heavy atom. The van der Waals surface area contributed by atoms with Gasteiger partial charge in [-0.25, -0.2) is 22.4 Å². The first-order valence-electron chi connectivity index (χ1n) is 16.9. The van der Waals surface area contributed by atoms with E-state index in [0.29, 0.717) is 22.7 Å². The summed E-state index contributed by atoms with van der Waals surface area (Å²) in [5, 5.41) is 19.2. The number of aromatic nitrogens is 1. The van der Waals surface area contributed by atoms with E-state index in [0.717, 1.165) is 22.9 Å². The molecule has 0 radical (unpaired) electrons. The maximum Gasteiger partial charge on any atom is 0.339 e. The van der Waals surface area contributed by atoms with Crippen LogP contribution < -0.4 is 9.47 Å². The van der Waals surface area contributed by atoms with Gasteiger partial charge in [0.25, 0.3) is 0 Å². The van der Waals surface area contributed by atoms with Crippen LogP contribution >= 0.6 is 0 Å². The lowest BCUT2D eigenvalue weighted by atomic mass is 10.0. The van der Waals surface area contributed by atoms with Gasteiger partial charge in [0.05, 0.1) is 11.3 Å². The van der Waals surface area contributed by atoms with Crippen LogP contribution in [-0.2, 0) is 18.0 Å². The number of nitrogens with zero attached hydrogens (tertiary/aromatic N) is 1. The van der Waals surface area contributed by atoms with Crippen LogP contribution in [0.1, 0.15) is 57.3 Å². The number of carbonyl (C=O) groups is 3. The van der Waals surface area contributed by atoms with Gasteiger partial charge in [-0.1, -0.05) is 24.3 Å². The first kappa shape index (κ1) is 39.5. The number of hydrogen-bond acceptors (Lipinski definition) is 6. The van der Waals surface area contributed by atoms with Crippen molar-refractivity contribution in [3.05, 3.63) is 166 Å². The van der Waals surface area contributed by atoms with Crippen molar-refractivity contribution in [1.82, 2.24) is 4.57 Å². The summed E-state index contributed by atoms with van der Waals surface area (Å²) in [4.78, 5) is 34.6. The van der Waals surface area contributed by atoms with E-state index >= 15 is 0 Å². The number of carboxylic acid groups (broad SMARTS) is 1. The van der Waals surface area contributed by atoms with Crippen molar-refractivity contribution >= 4 is 17.5 Å². The highest BCUT2D eigenvalue weighted by Crippen LogP contribution is 2.35. The zero-order valence-electron chi connectivity index (χ0n) is 29.7. The number of hydrogen-bond donors (Lipinski definition) is 2. The summed E-state index contributed by atoms with van der Waals surface area (Å²) < 4.78 is 66.8. The SMILES string of the molecule is CC(=O)CCC(=O)c1cc(F)ccc1OCc1ccc(F)cc1.Cc1ccc(-c2cc(F)ccc2OCc2ccc(F)cc2)n1-c1ccc(O)c(C(=O)O)c1. The largest absolute Gasteiger partial charge is 0.507 e. The molecule has 8 nitrogen and oxygen atoms in total. The fraction of sp³-hybridized carbons (Fsp3) is 0.140. The average Bonchev–Trinajstić information content (AvgIpc) is 3.55. The van der Waals surface area contributed by atoms with E-state index < -0.39 is 17.6 Å². The van der Waals surface area contributed by atoms with E-state index in [4.69, 9.17) is 9.47 Å². The van der Waals surface area contributed by atoms with Crippen molar-refractivity contribution in [2.75, 3.05) is 0 Å². The van der Waals surface area contributed by atoms with Crippen LogP contribution in [0.5, 0.6) is 17.2 Å². The molecule has 1 heterocycles. The topological polar surface area (TPSA) is 115 Å². The molecule has 0 unspecified atom stereocenters. The molecule has 0 fully saturated rings. The number of halogens is 4. The number of phenols is 1. The van der Waals surface area contributed by atoms with Gasteiger partial charge in [0, 0.05) is 29.8 Å². The molecule has 6 aromatic rings. The van der Waals surface area contributed by atoms with Crippen LogP contribution in [0.2, 0.25) is 0 Å². The van der Waals surface area contributed by atoms with E-state index in [1.54, 1.807) is 41.0 Å². The standard InChI is InChI=1S/C25H19F2NO4.C18H16F2O3/c1-15-2-9-22(28(15)19-8-10-23(29)21(13-19)25(30)31)20-12-18(27)7-11-24(20)32-14-16-3-5-17(26)6-4-16;1-12(21)2-8-17(22)16-10-15(20)7-9-18(16)23-11-13-3-5-14(19)6-4-13/h2-13,29H,14H2,1H3,(H,30,31);3-7,9-10H,2,8,11H2,1H3. The Bertz CT molecular complexity index is 2320. The highest BCUT2D eigenvalue weighted by molar-refractivity contribution is 6.00. The molecule has 5 aromatic carbocycles. The van der Waals surface area contributed by atoms with E-state index in [1.165, 1.54) is 73.7 Å². The van der Waals surface area contributed by atoms with Gasteiger partial charge in [0.2, 0.25) is 0 Å². The Kier molecular flexibility index (Phi) is 12.9. The van der Waals surface area contributed by atoms with Gasteiger partial charge in [0.1, 0.15) is 65.1 Å². The van der Waals surface area contributed by atoms with Gasteiger partial charge in [-0.3, -0.25) is 4.79 Å². The second-order valence-electron chi connectivity index (χ2n) is 12.4. The second kappa shape index (κ2) is 17.9. The maximum atomic E-state index is 14.2. The minimum Gasteiger partial charge on any atom is -0.507 e. The van der Waals surface area contributed by atoms with Gasteiger partial charge >= 0.3 is 5.97 Å². The summed E-state index contributed by atoms with van der Waals surface area (Å²) in [7, 11) is 0. The molecule has 12 heteroatoms. The number of Topliss-reactive ketones (excluding diaryl/α,β-unsaturated/α-hetero) is 2. The zero-order valence-corrected chi connectivity index (χ0v) is 29.7. The number of rotatable bonds is 13. The molecular formula is C43H35F4NO7. The quantitative estimate of drug-likeness (QED) is 0.0892. The predicted molar refractivity (Wildman–Crippen MR) is 197 cm³/mol. The van der Waals surface area contributed by atoms with Gasteiger partial charge in [-0.2, -0.15) is 0 Å². The number of carbonyl (C=O) groups excluding carboxylic acids is 2. The average molecular weight is 754 g/mol. The Morgan fingerprint density at radius 1 is 0.618 bits per heavy atom. The van der Waals surface area contributed by atoms with Crippen LogP contribution in [0.3, 0.4) is 0 Å². The molecule has 0 saturated heterocycles. The first-order chi connectivity index (χ1) is 26.3. The van der Waals surface area contributed by atoms with Gasteiger partial charge in [-0.05, 0) is 116 Å². The molecule has 0 aliphatic carbocycles. The van der Waals surface area contributed by atoms with Crippen molar-refractivity contribution in [2.45, 2.75) is 39.9 Å². The van der Waals surface area contributed by atoms with Crippen LogP contribution in [-0.4, -0.2) is 32.3 Å². The fourth-order valence-corrected chi connectivity index (χ4v) is 5.51. The number of carboxylic acids is 1. The third-order valence-corrected chi connectivity index (χ3v) is 8.32. The maximum absolute atomic E-state index is 14.2. The van der Waals surface area contributed by atoms with E-state index in [9.17, 15) is 42.2 Å². The lowest BCUT2D eigenvalue weighted by molar-refractivity contribution is -0.117. The smallest absolute Gasteiger partial charge is 0.339 e. The van der Waals surface area contributed by atoms with Gasteiger partial charge in [-0.15, -0.1) is 0 Å². The number of aromatic carboxylic acids is 1. The van der Waals surface area contributed by atoms with E-state index in [1.807, 2.05) is 13.0 Å². The lowest BCUT2D eigenvalue weighted by Crippen LogP contribution is -2.06. The molecule has 6 rings (SSSR count). The minimum atomic E-state index is -1.26. The van der Waals surface area contributed by atoms with Gasteiger partial charge in [0.15, 0.2) is 5.78 Å². The van der Waals surface area contributed by atoms with Crippen LogP contribution in [0, 0.1) is 30.2 Å². The lowest BCUT2D eigenvalue weighted by Gasteiger charge is -2.16. The van der Waals surface area contributed by atoms with Gasteiger partial charge < -0.3 is 29.0 Å². The molecule has 0 bridgehead atoms. The number of ether oxygens (including phenoxy) is 2. The normalized spacial score (nSPS) is 10.7. The van der Waals surface area contributed by atoms with Crippen LogP contribution in [0.25, 0.3) is 16.9 Å². The van der Waals surface area contributed by atoms with Crippen LogP contribution in [0.4, 0.5) is 17.6 Å². The van der Waals surface area contributed by atoms with Crippen molar-refractivity contribution < 1.29 is 51.6 Å². The summed E-state index contributed by atoms with van der Waals surface area (Å²) in [6.07, 6.45) is 0.110. The molecule has 282 valence electrons. The Hall–Kier alpha value is -6.69. The third kappa shape index (κ3) is 10.5. The highest BCUT2D eigenvalue weighted by Gasteiger charge is 2.19. The molecular weight excluding hydrogens is 718 g/mol.